The fraction of sp³-hybridized carbons (Fsp3) is 0.909. The monoisotopic (exact) mass is 342 g/mol. The molecule has 0 aromatic carbocycles. The van der Waals surface area contributed by atoms with Crippen LogP contribution in [0.4, 0.5) is 0 Å². The highest BCUT2D eigenvalue weighted by molar-refractivity contribution is 4.91. The third-order valence-corrected chi connectivity index (χ3v) is 4.69. The minimum atomic E-state index is -0.676. The fourth-order valence-electron chi connectivity index (χ4n) is 2.89. The average molecular weight is 343 g/mol. The molecule has 0 fully saturated rings. The molecule has 0 aromatic heterocycles. The maximum absolute atomic E-state index is 9.89. The summed E-state index contributed by atoms with van der Waals surface area (Å²) in [5.74, 6) is 2.52. The van der Waals surface area contributed by atoms with Crippen LogP contribution in [-0.4, -0.2) is 22.4 Å². The van der Waals surface area contributed by atoms with Gasteiger partial charge in [-0.1, -0.05) is 85.1 Å². The molecule has 0 rings (SSSR count). The van der Waals surface area contributed by atoms with E-state index in [4.69, 9.17) is 5.11 Å². The van der Waals surface area contributed by atoms with Gasteiger partial charge in [0.2, 0.25) is 0 Å². The highest BCUT2D eigenvalue weighted by Gasteiger charge is 2.15. The van der Waals surface area contributed by atoms with Crippen LogP contribution >= 0.6 is 0 Å². The second-order valence-corrected chi connectivity index (χ2v) is 8.24. The quantitative estimate of drug-likeness (QED) is 0.382. The van der Waals surface area contributed by atoms with Crippen LogP contribution < -0.4 is 0 Å². The molecule has 2 N–H and O–H groups in total. The molecule has 0 aromatic rings. The van der Waals surface area contributed by atoms with E-state index in [2.05, 4.69) is 34.3 Å². The predicted octanol–water partition coefficient (Wildman–Crippen LogP) is 6.36. The van der Waals surface area contributed by atoms with Crippen LogP contribution in [0.2, 0.25) is 0 Å². The van der Waals surface area contributed by atoms with Crippen molar-refractivity contribution in [2.75, 3.05) is 6.61 Å². The zero-order valence-electron chi connectivity index (χ0n) is 17.5. The van der Waals surface area contributed by atoms with Gasteiger partial charge in [-0.2, -0.15) is 0 Å². The van der Waals surface area contributed by atoms with Crippen molar-refractivity contribution in [3.05, 3.63) is 12.7 Å². The summed E-state index contributed by atoms with van der Waals surface area (Å²) in [5, 5.41) is 17.5. The minimum Gasteiger partial charge on any atom is -0.397 e. The number of aliphatic hydroxyl groups is 2. The molecule has 0 saturated carbocycles. The van der Waals surface area contributed by atoms with E-state index in [-0.39, 0.29) is 6.61 Å². The molecule has 0 bridgehead atoms. The Kier molecular flexibility index (Phi) is 17.4. The molecular formula is C22H46O2. The van der Waals surface area contributed by atoms with Crippen LogP contribution in [-0.2, 0) is 0 Å². The Bertz CT molecular complexity index is 271. The van der Waals surface area contributed by atoms with Crippen molar-refractivity contribution in [3.63, 3.8) is 0 Å². The maximum Gasteiger partial charge on any atom is 0.0797 e. The first-order valence-electron chi connectivity index (χ1n) is 10.1. The number of hydrogen-bond acceptors (Lipinski definition) is 2. The summed E-state index contributed by atoms with van der Waals surface area (Å²) in [6.45, 7) is 16.9. The fourth-order valence-corrected chi connectivity index (χ4v) is 2.89. The zero-order valence-corrected chi connectivity index (χ0v) is 17.5. The SMILES string of the molecule is C=CC(C)(O)CCCC(C)CCCC(C)CCCC(C)C.CCO. The first kappa shape index (κ1) is 25.9. The Balaban J connectivity index is 0. The second-order valence-electron chi connectivity index (χ2n) is 8.24. The molecule has 2 heteroatoms. The van der Waals surface area contributed by atoms with Gasteiger partial charge in [-0.05, 0) is 38.0 Å². The molecule has 0 heterocycles. The lowest BCUT2D eigenvalue weighted by atomic mass is 9.90. The lowest BCUT2D eigenvalue weighted by Gasteiger charge is -2.20. The summed E-state index contributed by atoms with van der Waals surface area (Å²) in [6.07, 6.45) is 13.1. The minimum absolute atomic E-state index is 0.250. The predicted molar refractivity (Wildman–Crippen MR) is 108 cm³/mol. The molecule has 2 nitrogen and oxygen atoms in total. The normalized spacial score (nSPS) is 16.0. The van der Waals surface area contributed by atoms with Gasteiger partial charge >= 0.3 is 0 Å². The summed E-state index contributed by atoms with van der Waals surface area (Å²) in [6, 6.07) is 0. The lowest BCUT2D eigenvalue weighted by Crippen LogP contribution is -2.20. The van der Waals surface area contributed by atoms with Crippen molar-refractivity contribution >= 4 is 0 Å². The van der Waals surface area contributed by atoms with E-state index in [1.54, 1.807) is 13.0 Å². The second kappa shape index (κ2) is 16.1. The lowest BCUT2D eigenvalue weighted by molar-refractivity contribution is 0.0974. The van der Waals surface area contributed by atoms with Gasteiger partial charge in [0.05, 0.1) is 5.60 Å². The van der Waals surface area contributed by atoms with Crippen molar-refractivity contribution in [1.29, 1.82) is 0 Å². The Labute approximate surface area is 152 Å². The van der Waals surface area contributed by atoms with Crippen LogP contribution in [0.15, 0.2) is 12.7 Å². The largest absolute Gasteiger partial charge is 0.397 e. The molecule has 146 valence electrons. The highest BCUT2D eigenvalue weighted by Crippen LogP contribution is 2.23. The van der Waals surface area contributed by atoms with Crippen molar-refractivity contribution in [3.8, 4) is 0 Å². The van der Waals surface area contributed by atoms with Crippen molar-refractivity contribution < 1.29 is 10.2 Å². The van der Waals surface area contributed by atoms with E-state index in [0.717, 1.165) is 30.6 Å². The third kappa shape index (κ3) is 19.7. The molecule has 0 spiro atoms. The van der Waals surface area contributed by atoms with Crippen LogP contribution in [0.1, 0.15) is 99.3 Å². The highest BCUT2D eigenvalue weighted by atomic mass is 16.3. The number of hydrogen-bond donors (Lipinski definition) is 2. The molecule has 0 aliphatic carbocycles. The van der Waals surface area contributed by atoms with Crippen molar-refractivity contribution in [1.82, 2.24) is 0 Å². The summed E-state index contributed by atoms with van der Waals surface area (Å²) in [7, 11) is 0. The van der Waals surface area contributed by atoms with Gasteiger partial charge in [0, 0.05) is 6.61 Å². The van der Waals surface area contributed by atoms with Crippen molar-refractivity contribution in [2.45, 2.75) is 105 Å². The molecule has 0 aliphatic rings. The van der Waals surface area contributed by atoms with Gasteiger partial charge in [-0.3, -0.25) is 0 Å². The molecule has 0 saturated heterocycles. The van der Waals surface area contributed by atoms with Crippen molar-refractivity contribution in [2.24, 2.45) is 17.8 Å². The molecular weight excluding hydrogens is 296 g/mol. The Morgan fingerprint density at radius 3 is 1.62 bits per heavy atom. The first-order valence-corrected chi connectivity index (χ1v) is 10.1. The molecule has 3 unspecified atom stereocenters. The third-order valence-electron chi connectivity index (χ3n) is 4.69. The van der Waals surface area contributed by atoms with E-state index in [0.29, 0.717) is 0 Å². The number of rotatable bonds is 13. The van der Waals surface area contributed by atoms with Gasteiger partial charge < -0.3 is 10.2 Å². The van der Waals surface area contributed by atoms with Gasteiger partial charge in [0.25, 0.3) is 0 Å². The number of aliphatic hydroxyl groups excluding tert-OH is 1. The summed E-state index contributed by atoms with van der Waals surface area (Å²) >= 11 is 0. The van der Waals surface area contributed by atoms with Crippen LogP contribution in [0.5, 0.6) is 0 Å². The zero-order chi connectivity index (χ0) is 19.0. The Morgan fingerprint density at radius 2 is 1.25 bits per heavy atom. The van der Waals surface area contributed by atoms with E-state index < -0.39 is 5.60 Å². The smallest absolute Gasteiger partial charge is 0.0797 e. The Hall–Kier alpha value is -0.340. The van der Waals surface area contributed by atoms with Crippen LogP contribution in [0.3, 0.4) is 0 Å². The molecule has 0 amide bonds. The topological polar surface area (TPSA) is 40.5 Å². The summed E-state index contributed by atoms with van der Waals surface area (Å²) < 4.78 is 0. The van der Waals surface area contributed by atoms with Gasteiger partial charge in [-0.25, -0.2) is 0 Å². The average Bonchev–Trinajstić information content (AvgIpc) is 2.47. The van der Waals surface area contributed by atoms with E-state index in [9.17, 15) is 5.11 Å². The standard InChI is InChI=1S/C20H40O.C2H6O/c1-7-20(6,21)16-10-15-19(5)14-9-13-18(4)12-8-11-17(2)3;1-2-3/h7,17-19,21H,1,8-16H2,2-6H3;3H,2H2,1H3. The van der Waals surface area contributed by atoms with Crippen LogP contribution in [0, 0.1) is 17.8 Å². The molecule has 3 atom stereocenters. The summed E-state index contributed by atoms with van der Waals surface area (Å²) in [5.41, 5.74) is -0.676. The van der Waals surface area contributed by atoms with E-state index in [1.807, 2.05) is 6.92 Å². The Morgan fingerprint density at radius 1 is 0.875 bits per heavy atom. The van der Waals surface area contributed by atoms with Crippen LogP contribution in [0.25, 0.3) is 0 Å². The molecule has 0 aliphatic heterocycles. The van der Waals surface area contributed by atoms with Gasteiger partial charge in [0.15, 0.2) is 0 Å². The maximum atomic E-state index is 9.89. The molecule has 24 heavy (non-hydrogen) atoms. The van der Waals surface area contributed by atoms with Gasteiger partial charge in [-0.15, -0.1) is 6.58 Å². The van der Waals surface area contributed by atoms with E-state index in [1.165, 1.54) is 44.9 Å². The van der Waals surface area contributed by atoms with E-state index >= 15 is 0 Å². The molecule has 0 radical (unpaired) electrons. The van der Waals surface area contributed by atoms with Gasteiger partial charge in [0.1, 0.15) is 0 Å². The first-order chi connectivity index (χ1) is 11.2. The summed E-state index contributed by atoms with van der Waals surface area (Å²) in [4.78, 5) is 0.